The number of thiazole rings is 1. The molecule has 296 valence electrons. The molecule has 4 aromatic heterocycles. The topological polar surface area (TPSA) is 183 Å². The average Bonchev–Trinajstić information content (AvgIpc) is 4.06. The number of rotatable bonds is 13. The summed E-state index contributed by atoms with van der Waals surface area (Å²) < 4.78 is 11.8. The number of hydrogen-bond acceptors (Lipinski definition) is 12. The summed E-state index contributed by atoms with van der Waals surface area (Å²) >= 11 is 1.59. The Hall–Kier alpha value is -5.64. The highest BCUT2D eigenvalue weighted by Crippen LogP contribution is 2.38. The first kappa shape index (κ1) is 38.2. The van der Waals surface area contributed by atoms with E-state index in [2.05, 4.69) is 35.5 Å². The minimum Gasteiger partial charge on any atom is -0.507 e. The first-order valence-corrected chi connectivity index (χ1v) is 20.2. The summed E-state index contributed by atoms with van der Waals surface area (Å²) in [6.45, 7) is 8.04. The number of hydrogen-bond donors (Lipinski definition) is 4. The van der Waals surface area contributed by atoms with Crippen molar-refractivity contribution in [2.45, 2.75) is 70.7 Å². The number of phenolic OH excluding ortho intramolecular Hbond substituents is 1. The van der Waals surface area contributed by atoms with Gasteiger partial charge in [0.2, 0.25) is 11.8 Å². The number of carbonyl (C=O) groups excluding carboxylic acids is 2. The van der Waals surface area contributed by atoms with Gasteiger partial charge in [-0.2, -0.15) is 0 Å². The molecule has 0 saturated carbocycles. The fourth-order valence-electron chi connectivity index (χ4n) is 8.12. The van der Waals surface area contributed by atoms with Crippen molar-refractivity contribution in [1.82, 2.24) is 40.4 Å². The molecule has 2 saturated heterocycles. The molecule has 0 radical (unpaired) electrons. The fraction of sp³-hybridized carbons (Fsp3) is 0.381. The number of aromatic amines is 1. The van der Waals surface area contributed by atoms with E-state index in [1.54, 1.807) is 29.5 Å². The van der Waals surface area contributed by atoms with Crippen LogP contribution in [0, 0.1) is 12.8 Å². The van der Waals surface area contributed by atoms with Crippen molar-refractivity contribution in [3.63, 3.8) is 0 Å². The van der Waals surface area contributed by atoms with Crippen LogP contribution in [0.25, 0.3) is 32.7 Å². The molecule has 2 aromatic carbocycles. The number of likely N-dealkylation sites (tertiary alicyclic amines) is 2. The van der Waals surface area contributed by atoms with E-state index in [0.717, 1.165) is 52.0 Å². The van der Waals surface area contributed by atoms with Crippen LogP contribution in [0.2, 0.25) is 0 Å². The quantitative estimate of drug-likeness (QED) is 0.108. The maximum atomic E-state index is 14.1. The average molecular weight is 791 g/mol. The molecule has 2 aliphatic rings. The van der Waals surface area contributed by atoms with Gasteiger partial charge in [-0.05, 0) is 72.3 Å². The zero-order valence-electron chi connectivity index (χ0n) is 32.1. The number of ether oxygens (including phenoxy) is 1. The normalized spacial score (nSPS) is 19.1. The van der Waals surface area contributed by atoms with Crippen LogP contribution in [-0.2, 0) is 16.1 Å². The number of aliphatic hydroxyl groups excluding tert-OH is 1. The standard InChI is InChI=1S/C42H46N8O6S/c1-24(2)38(42(54)50-22-28(51)17-34(50)41(53)44-20-26-10-12-27(13-11-26)39-25(3)45-23-57-39)36-19-37(48-56-36)55-16-15-49-14-6-8-33(49)31-21-43-40-30(31)18-32(46-47-40)29-7-4-5-9-35(29)52/h4-5,7,9-13,18-19,21,23-24,28,33-34,38,51-52H,6,8,14-17,20,22H2,1-3H3,(H,43,47)(H,44,53)/t28-,33+,34+,38-/m1/s1. The van der Waals surface area contributed by atoms with E-state index in [1.807, 2.05) is 74.9 Å². The smallest absolute Gasteiger partial charge is 0.254 e. The van der Waals surface area contributed by atoms with Crippen molar-refractivity contribution in [3.8, 4) is 33.3 Å². The van der Waals surface area contributed by atoms with Crippen LogP contribution in [0.3, 0.4) is 0 Å². The van der Waals surface area contributed by atoms with Gasteiger partial charge in [-0.1, -0.05) is 50.2 Å². The molecule has 15 heteroatoms. The Kier molecular flexibility index (Phi) is 11.0. The lowest BCUT2D eigenvalue weighted by Gasteiger charge is -2.28. The van der Waals surface area contributed by atoms with Gasteiger partial charge in [-0.3, -0.25) is 14.5 Å². The van der Waals surface area contributed by atoms with Gasteiger partial charge in [0.05, 0.1) is 27.9 Å². The highest BCUT2D eigenvalue weighted by molar-refractivity contribution is 7.13. The zero-order chi connectivity index (χ0) is 39.6. The molecular formula is C42H46N8O6S. The number of H-pyrrole nitrogens is 1. The third-order valence-corrected chi connectivity index (χ3v) is 12.0. The molecule has 2 fully saturated rings. The Morgan fingerprint density at radius 2 is 1.95 bits per heavy atom. The van der Waals surface area contributed by atoms with Gasteiger partial charge in [0, 0.05) is 55.3 Å². The molecule has 6 aromatic rings. The van der Waals surface area contributed by atoms with E-state index >= 15 is 0 Å². The second kappa shape index (κ2) is 16.5. The third kappa shape index (κ3) is 8.00. The van der Waals surface area contributed by atoms with Crippen LogP contribution in [0.15, 0.2) is 76.9 Å². The summed E-state index contributed by atoms with van der Waals surface area (Å²) in [5, 5.41) is 37.8. The summed E-state index contributed by atoms with van der Waals surface area (Å²) in [5.41, 5.74) is 7.84. The number of β-amino-alcohol motifs (C(OH)–C–C–N with tert-alkyl or cyclic N) is 1. The monoisotopic (exact) mass is 790 g/mol. The second-order valence-electron chi connectivity index (χ2n) is 15.2. The molecule has 2 amide bonds. The summed E-state index contributed by atoms with van der Waals surface area (Å²) in [6.07, 6.45) is 3.32. The molecule has 0 unspecified atom stereocenters. The largest absolute Gasteiger partial charge is 0.507 e. The van der Waals surface area contributed by atoms with E-state index in [-0.39, 0.29) is 48.4 Å². The number of nitrogens with one attached hydrogen (secondary N) is 2. The maximum Gasteiger partial charge on any atom is 0.254 e. The van der Waals surface area contributed by atoms with Crippen LogP contribution in [0.1, 0.15) is 67.7 Å². The predicted molar refractivity (Wildman–Crippen MR) is 214 cm³/mol. The van der Waals surface area contributed by atoms with Crippen LogP contribution in [-0.4, -0.2) is 95.5 Å². The number of benzene rings is 2. The summed E-state index contributed by atoms with van der Waals surface area (Å²) in [6, 6.07) is 18.0. The van der Waals surface area contributed by atoms with E-state index in [1.165, 1.54) is 4.90 Å². The summed E-state index contributed by atoms with van der Waals surface area (Å²) in [7, 11) is 0. The lowest BCUT2D eigenvalue weighted by Crippen LogP contribution is -2.48. The number of nitrogens with zero attached hydrogens (tertiary/aromatic N) is 6. The molecule has 0 bridgehead atoms. The van der Waals surface area contributed by atoms with Gasteiger partial charge in [0.25, 0.3) is 5.88 Å². The number of amides is 2. The number of aryl methyl sites for hydroxylation is 1. The van der Waals surface area contributed by atoms with Gasteiger partial charge in [0.1, 0.15) is 24.3 Å². The molecule has 4 atom stereocenters. The fourth-order valence-corrected chi connectivity index (χ4v) is 8.93. The van der Waals surface area contributed by atoms with E-state index < -0.39 is 18.1 Å². The van der Waals surface area contributed by atoms with Crippen molar-refractivity contribution in [3.05, 3.63) is 95.0 Å². The van der Waals surface area contributed by atoms with Crippen LogP contribution in [0.4, 0.5) is 0 Å². The number of aromatic hydroxyl groups is 1. The van der Waals surface area contributed by atoms with Crippen molar-refractivity contribution < 1.29 is 29.1 Å². The van der Waals surface area contributed by atoms with Crippen molar-refractivity contribution >= 4 is 34.2 Å². The zero-order valence-corrected chi connectivity index (χ0v) is 32.9. The minimum atomic E-state index is -0.820. The predicted octanol–water partition coefficient (Wildman–Crippen LogP) is 5.98. The SMILES string of the molecule is Cc1ncsc1-c1ccc(CNC(=O)[C@@H]2C[C@@H](O)CN2C(=O)[C@@H](c2cc(OCCN3CCC[C@H]3c3c[nH]c4nnc(-c5ccccc5O)cc34)no2)C(C)C)cc1. The van der Waals surface area contributed by atoms with Crippen molar-refractivity contribution in [2.24, 2.45) is 5.92 Å². The first-order chi connectivity index (χ1) is 27.6. The van der Waals surface area contributed by atoms with Gasteiger partial charge in [-0.25, -0.2) is 4.98 Å². The molecule has 14 nitrogen and oxygen atoms in total. The molecular weight excluding hydrogens is 745 g/mol. The second-order valence-corrected chi connectivity index (χ2v) is 16.0. The number of carbonyl (C=O) groups is 2. The Morgan fingerprint density at radius 1 is 1.12 bits per heavy atom. The number of fused-ring (bicyclic) bond motifs is 1. The maximum absolute atomic E-state index is 14.1. The lowest BCUT2D eigenvalue weighted by atomic mass is 9.91. The highest BCUT2D eigenvalue weighted by atomic mass is 32.1. The molecule has 6 heterocycles. The lowest BCUT2D eigenvalue weighted by molar-refractivity contribution is -0.141. The van der Waals surface area contributed by atoms with Crippen LogP contribution in [0.5, 0.6) is 11.6 Å². The summed E-state index contributed by atoms with van der Waals surface area (Å²) in [5.74, 6) is -0.749. The van der Waals surface area contributed by atoms with E-state index in [4.69, 9.17) is 9.26 Å². The number of phenols is 1. The number of aliphatic hydroxyl groups is 1. The van der Waals surface area contributed by atoms with Crippen LogP contribution >= 0.6 is 11.3 Å². The highest BCUT2D eigenvalue weighted by Gasteiger charge is 2.43. The molecule has 0 spiro atoms. The molecule has 8 rings (SSSR count). The van der Waals surface area contributed by atoms with Crippen LogP contribution < -0.4 is 10.1 Å². The minimum absolute atomic E-state index is 0.0522. The van der Waals surface area contributed by atoms with E-state index in [9.17, 15) is 19.8 Å². The van der Waals surface area contributed by atoms with Crippen molar-refractivity contribution in [1.29, 1.82) is 0 Å². The Balaban J connectivity index is 0.885. The van der Waals surface area contributed by atoms with Crippen molar-refractivity contribution in [2.75, 3.05) is 26.2 Å². The van der Waals surface area contributed by atoms with Gasteiger partial charge >= 0.3 is 0 Å². The molecule has 4 N–H and O–H groups in total. The van der Waals surface area contributed by atoms with Gasteiger partial charge in [-0.15, -0.1) is 21.5 Å². The Labute approximate surface area is 333 Å². The number of para-hydroxylation sites is 1. The molecule has 0 aliphatic carbocycles. The van der Waals surface area contributed by atoms with Gasteiger partial charge in [0.15, 0.2) is 11.4 Å². The first-order valence-electron chi connectivity index (χ1n) is 19.4. The summed E-state index contributed by atoms with van der Waals surface area (Å²) in [4.78, 5) is 40.2. The third-order valence-electron chi connectivity index (χ3n) is 11.0. The Morgan fingerprint density at radius 3 is 2.72 bits per heavy atom. The number of aromatic nitrogens is 5. The molecule has 2 aliphatic heterocycles. The van der Waals surface area contributed by atoms with Gasteiger partial charge < -0.3 is 34.7 Å². The Bertz CT molecular complexity index is 2360. The molecule has 57 heavy (non-hydrogen) atoms. The van der Waals surface area contributed by atoms with E-state index in [0.29, 0.717) is 42.4 Å².